The molecule has 1 saturated heterocycles. The molecular weight excluding hydrogens is 260 g/mol. The van der Waals surface area contributed by atoms with Crippen LogP contribution in [0.15, 0.2) is 36.6 Å². The van der Waals surface area contributed by atoms with E-state index in [4.69, 9.17) is 4.74 Å². The number of imide groups is 1. The van der Waals surface area contributed by atoms with Crippen LogP contribution in [0, 0.1) is 0 Å². The highest BCUT2D eigenvalue weighted by Gasteiger charge is 2.32. The van der Waals surface area contributed by atoms with E-state index in [0.717, 1.165) is 4.90 Å². The third-order valence-electron chi connectivity index (χ3n) is 2.82. The molecule has 104 valence electrons. The van der Waals surface area contributed by atoms with E-state index in [-0.39, 0.29) is 18.0 Å². The lowest BCUT2D eigenvalue weighted by atomic mass is 10.1. The number of nitrogens with one attached hydrogen (secondary N) is 1. The summed E-state index contributed by atoms with van der Waals surface area (Å²) >= 11 is 0. The van der Waals surface area contributed by atoms with Gasteiger partial charge in [0.05, 0.1) is 7.11 Å². The Morgan fingerprint density at radius 2 is 2.20 bits per heavy atom. The van der Waals surface area contributed by atoms with E-state index >= 15 is 0 Å². The molecule has 0 aromatic heterocycles. The molecule has 0 radical (unpaired) electrons. The zero-order valence-corrected chi connectivity index (χ0v) is 10.9. The molecule has 6 nitrogen and oxygen atoms in total. The number of carbonyl (C=O) groups is 2. The van der Waals surface area contributed by atoms with Crippen molar-refractivity contribution in [3.63, 3.8) is 0 Å². The number of ether oxygens (including phenoxy) is 1. The standard InChI is InChI=1S/C14H14N2O4/c1-3-7-16-13(18)10(15-14(16)19)8-9-5-4-6-11(20-2)12(9)17/h3-6,8,17H,1,7H2,2H3,(H,15,19)/b10-8-. The second-order valence-electron chi connectivity index (χ2n) is 4.09. The minimum Gasteiger partial charge on any atom is -0.504 e. The van der Waals surface area contributed by atoms with Crippen LogP contribution < -0.4 is 10.1 Å². The van der Waals surface area contributed by atoms with Gasteiger partial charge in [-0.25, -0.2) is 4.79 Å². The molecule has 1 aromatic rings. The van der Waals surface area contributed by atoms with Gasteiger partial charge in [0, 0.05) is 12.1 Å². The molecule has 2 rings (SSSR count). The number of hydrogen-bond donors (Lipinski definition) is 2. The van der Waals surface area contributed by atoms with E-state index in [1.807, 2.05) is 0 Å². The van der Waals surface area contributed by atoms with Crippen molar-refractivity contribution in [2.24, 2.45) is 0 Å². The van der Waals surface area contributed by atoms with Gasteiger partial charge in [0.15, 0.2) is 11.5 Å². The second-order valence-corrected chi connectivity index (χ2v) is 4.09. The first-order valence-corrected chi connectivity index (χ1v) is 5.90. The van der Waals surface area contributed by atoms with Gasteiger partial charge in [-0.3, -0.25) is 9.69 Å². The average Bonchev–Trinajstić information content (AvgIpc) is 2.69. The van der Waals surface area contributed by atoms with Crippen LogP contribution in [-0.2, 0) is 4.79 Å². The number of amides is 3. The van der Waals surface area contributed by atoms with Crippen molar-refractivity contribution >= 4 is 18.0 Å². The van der Waals surface area contributed by atoms with Crippen LogP contribution in [0.1, 0.15) is 5.56 Å². The van der Waals surface area contributed by atoms with Crippen LogP contribution in [0.4, 0.5) is 4.79 Å². The predicted molar refractivity (Wildman–Crippen MR) is 73.1 cm³/mol. The summed E-state index contributed by atoms with van der Waals surface area (Å²) in [4.78, 5) is 24.6. The van der Waals surface area contributed by atoms with Gasteiger partial charge in [0.25, 0.3) is 5.91 Å². The Balaban J connectivity index is 2.35. The molecule has 0 saturated carbocycles. The van der Waals surface area contributed by atoms with Crippen LogP contribution in [0.5, 0.6) is 11.5 Å². The van der Waals surface area contributed by atoms with Gasteiger partial charge < -0.3 is 15.2 Å². The molecule has 1 fully saturated rings. The molecule has 0 spiro atoms. The fourth-order valence-corrected chi connectivity index (χ4v) is 1.84. The number of urea groups is 1. The first-order valence-electron chi connectivity index (χ1n) is 5.90. The summed E-state index contributed by atoms with van der Waals surface area (Å²) < 4.78 is 4.98. The Bertz CT molecular complexity index is 607. The minimum absolute atomic E-state index is 0.0910. The van der Waals surface area contributed by atoms with Crippen molar-refractivity contribution in [3.05, 3.63) is 42.1 Å². The molecule has 1 heterocycles. The quantitative estimate of drug-likeness (QED) is 0.495. The predicted octanol–water partition coefficient (Wildman–Crippen LogP) is 1.48. The van der Waals surface area contributed by atoms with Gasteiger partial charge >= 0.3 is 6.03 Å². The fourth-order valence-electron chi connectivity index (χ4n) is 1.84. The number of hydrogen-bond acceptors (Lipinski definition) is 4. The monoisotopic (exact) mass is 274 g/mol. The molecule has 0 aliphatic carbocycles. The van der Waals surface area contributed by atoms with Crippen molar-refractivity contribution in [2.75, 3.05) is 13.7 Å². The number of rotatable bonds is 4. The molecule has 0 bridgehead atoms. The molecule has 20 heavy (non-hydrogen) atoms. The Morgan fingerprint density at radius 3 is 2.85 bits per heavy atom. The van der Waals surface area contributed by atoms with Crippen molar-refractivity contribution in [2.45, 2.75) is 0 Å². The Labute approximate surface area is 116 Å². The molecule has 0 unspecified atom stereocenters. The third-order valence-corrected chi connectivity index (χ3v) is 2.82. The SMILES string of the molecule is C=CCN1C(=O)N/C(=C\c2cccc(OC)c2O)C1=O. The maximum atomic E-state index is 12.0. The Kier molecular flexibility index (Phi) is 3.74. The van der Waals surface area contributed by atoms with Gasteiger partial charge in [-0.15, -0.1) is 6.58 Å². The van der Waals surface area contributed by atoms with Gasteiger partial charge in [0.1, 0.15) is 5.70 Å². The smallest absolute Gasteiger partial charge is 0.329 e. The maximum absolute atomic E-state index is 12.0. The lowest BCUT2D eigenvalue weighted by molar-refractivity contribution is -0.122. The molecule has 3 amide bonds. The minimum atomic E-state index is -0.511. The highest BCUT2D eigenvalue weighted by Crippen LogP contribution is 2.31. The van der Waals surface area contributed by atoms with Crippen molar-refractivity contribution in [1.82, 2.24) is 10.2 Å². The first kappa shape index (κ1) is 13.7. The maximum Gasteiger partial charge on any atom is 0.329 e. The number of benzene rings is 1. The summed E-state index contributed by atoms with van der Waals surface area (Å²) in [5, 5.41) is 12.4. The number of carbonyl (C=O) groups excluding carboxylic acids is 2. The van der Waals surface area contributed by atoms with E-state index in [9.17, 15) is 14.7 Å². The molecule has 2 N–H and O–H groups in total. The largest absolute Gasteiger partial charge is 0.504 e. The summed E-state index contributed by atoms with van der Waals surface area (Å²) in [6.07, 6.45) is 2.87. The number of phenolic OH excluding ortho intramolecular Hbond substituents is 1. The van der Waals surface area contributed by atoms with Crippen LogP contribution in [-0.4, -0.2) is 35.6 Å². The normalized spacial score (nSPS) is 16.4. The third kappa shape index (κ3) is 2.35. The van der Waals surface area contributed by atoms with Crippen LogP contribution in [0.2, 0.25) is 0 Å². The highest BCUT2D eigenvalue weighted by atomic mass is 16.5. The van der Waals surface area contributed by atoms with Crippen molar-refractivity contribution in [1.29, 1.82) is 0 Å². The Morgan fingerprint density at radius 1 is 1.45 bits per heavy atom. The zero-order valence-electron chi connectivity index (χ0n) is 10.9. The molecule has 1 aliphatic heterocycles. The number of methoxy groups -OCH3 is 1. The lowest BCUT2D eigenvalue weighted by Gasteiger charge is -2.07. The summed E-state index contributed by atoms with van der Waals surface area (Å²) in [5.74, 6) is -0.261. The summed E-state index contributed by atoms with van der Waals surface area (Å²) in [7, 11) is 1.43. The molecular formula is C14H14N2O4. The number of aromatic hydroxyl groups is 1. The fraction of sp³-hybridized carbons (Fsp3) is 0.143. The average molecular weight is 274 g/mol. The molecule has 6 heteroatoms. The summed E-state index contributed by atoms with van der Waals surface area (Å²) in [6, 6.07) is 4.37. The number of phenols is 1. The molecule has 1 aromatic carbocycles. The highest BCUT2D eigenvalue weighted by molar-refractivity contribution is 6.14. The van der Waals surface area contributed by atoms with Crippen LogP contribution in [0.3, 0.4) is 0 Å². The van der Waals surface area contributed by atoms with E-state index in [0.29, 0.717) is 11.3 Å². The van der Waals surface area contributed by atoms with E-state index in [2.05, 4.69) is 11.9 Å². The first-order chi connectivity index (χ1) is 9.58. The summed E-state index contributed by atoms with van der Waals surface area (Å²) in [6.45, 7) is 3.62. The number of nitrogens with zero attached hydrogens (tertiary/aromatic N) is 1. The van der Waals surface area contributed by atoms with Gasteiger partial charge in [-0.2, -0.15) is 0 Å². The van der Waals surface area contributed by atoms with Gasteiger partial charge in [0.2, 0.25) is 0 Å². The van der Waals surface area contributed by atoms with E-state index < -0.39 is 11.9 Å². The summed E-state index contributed by atoms with van der Waals surface area (Å²) in [5.41, 5.74) is 0.480. The topological polar surface area (TPSA) is 78.9 Å². The zero-order chi connectivity index (χ0) is 14.7. The Hall–Kier alpha value is -2.76. The van der Waals surface area contributed by atoms with Crippen LogP contribution >= 0.6 is 0 Å². The van der Waals surface area contributed by atoms with Crippen LogP contribution in [0.25, 0.3) is 6.08 Å². The molecule has 0 atom stereocenters. The van der Waals surface area contributed by atoms with Gasteiger partial charge in [-0.05, 0) is 12.1 Å². The second kappa shape index (κ2) is 5.48. The van der Waals surface area contributed by atoms with Crippen molar-refractivity contribution < 1.29 is 19.4 Å². The number of para-hydroxylation sites is 1. The molecule has 1 aliphatic rings. The van der Waals surface area contributed by atoms with E-state index in [1.54, 1.807) is 18.2 Å². The lowest BCUT2D eigenvalue weighted by Crippen LogP contribution is -2.30. The van der Waals surface area contributed by atoms with E-state index in [1.165, 1.54) is 19.3 Å². The van der Waals surface area contributed by atoms with Gasteiger partial charge in [-0.1, -0.05) is 18.2 Å². The van der Waals surface area contributed by atoms with Crippen molar-refractivity contribution in [3.8, 4) is 11.5 Å².